The van der Waals surface area contributed by atoms with Crippen LogP contribution in [0.2, 0.25) is 0 Å². The minimum absolute atomic E-state index is 0.103. The van der Waals surface area contributed by atoms with Gasteiger partial charge in [-0.15, -0.1) is 0 Å². The molecule has 4 aliphatic rings. The number of nitrogens with zero attached hydrogens (tertiary/aromatic N) is 1. The van der Waals surface area contributed by atoms with Crippen molar-refractivity contribution in [2.75, 3.05) is 4.90 Å². The predicted molar refractivity (Wildman–Crippen MR) is 230 cm³/mol. The van der Waals surface area contributed by atoms with Gasteiger partial charge in [0.05, 0.1) is 5.41 Å². The van der Waals surface area contributed by atoms with Crippen LogP contribution < -0.4 is 4.90 Å². The van der Waals surface area contributed by atoms with E-state index in [1.54, 1.807) is 0 Å². The summed E-state index contributed by atoms with van der Waals surface area (Å²) in [5.41, 5.74) is 23.5. The third kappa shape index (κ3) is 4.47. The van der Waals surface area contributed by atoms with E-state index in [4.69, 9.17) is 0 Å². The van der Waals surface area contributed by atoms with Crippen molar-refractivity contribution in [1.82, 2.24) is 0 Å². The van der Waals surface area contributed by atoms with E-state index >= 15 is 0 Å². The average molecular weight is 706 g/mol. The second-order valence-electron chi connectivity index (χ2n) is 16.7. The van der Waals surface area contributed by atoms with Gasteiger partial charge >= 0.3 is 0 Å². The molecule has 4 aliphatic carbocycles. The molecular weight excluding hydrogens is 663 g/mol. The first-order valence-electron chi connectivity index (χ1n) is 19.8. The van der Waals surface area contributed by atoms with E-state index in [1.807, 2.05) is 0 Å². The normalized spacial score (nSPS) is 17.3. The van der Waals surface area contributed by atoms with E-state index in [9.17, 15) is 0 Å². The van der Waals surface area contributed by atoms with Crippen LogP contribution in [0.1, 0.15) is 66.1 Å². The average Bonchev–Trinajstić information content (AvgIpc) is 3.77. The number of fused-ring (bicyclic) bond motifs is 12. The molecule has 0 fully saturated rings. The molecule has 1 atom stereocenters. The Hall–Kier alpha value is -6.18. The Morgan fingerprint density at radius 1 is 0.491 bits per heavy atom. The maximum atomic E-state index is 2.53. The van der Waals surface area contributed by atoms with Gasteiger partial charge in [0.25, 0.3) is 0 Å². The Kier molecular flexibility index (Phi) is 6.84. The first-order valence-corrected chi connectivity index (χ1v) is 19.8. The van der Waals surface area contributed by atoms with E-state index in [0.717, 1.165) is 12.1 Å². The molecule has 1 unspecified atom stereocenters. The molecule has 0 heterocycles. The van der Waals surface area contributed by atoms with Gasteiger partial charge in [0.1, 0.15) is 0 Å². The molecule has 0 bridgehead atoms. The lowest BCUT2D eigenvalue weighted by Gasteiger charge is -2.35. The highest BCUT2D eigenvalue weighted by Gasteiger charge is 2.53. The standard InChI is InChI=1S/C54H43N/c1-34-17-20-36(21-18-34)37-22-24-38(25-23-37)55(39-26-29-44-41-11-5-8-14-47(41)53(3,4)50(44)32-39)40-27-30-46-45-28-19-35(2)31-51(45)54(52(46)33-40)48-15-9-6-12-42(48)43-13-7-10-16-49(43)54/h5-30,32-33,35H,31H2,1-4H3. The van der Waals surface area contributed by atoms with Crippen LogP contribution in [-0.4, -0.2) is 0 Å². The number of hydrogen-bond donors (Lipinski definition) is 0. The van der Waals surface area contributed by atoms with E-state index in [-0.39, 0.29) is 10.8 Å². The van der Waals surface area contributed by atoms with Gasteiger partial charge in [0, 0.05) is 22.5 Å². The summed E-state index contributed by atoms with van der Waals surface area (Å²) in [4.78, 5) is 2.49. The molecule has 0 saturated carbocycles. The highest BCUT2D eigenvalue weighted by atomic mass is 15.1. The van der Waals surface area contributed by atoms with Gasteiger partial charge in [0.2, 0.25) is 0 Å². The van der Waals surface area contributed by atoms with Crippen molar-refractivity contribution in [1.29, 1.82) is 0 Å². The van der Waals surface area contributed by atoms with Gasteiger partial charge in [-0.1, -0.05) is 160 Å². The fourth-order valence-electron chi connectivity index (χ4n) is 10.5. The summed E-state index contributed by atoms with van der Waals surface area (Å²) in [7, 11) is 0. The largest absolute Gasteiger partial charge is 0.310 e. The lowest BCUT2D eigenvalue weighted by Crippen LogP contribution is -2.29. The maximum Gasteiger partial charge on any atom is 0.0689 e. The monoisotopic (exact) mass is 705 g/mol. The van der Waals surface area contributed by atoms with Gasteiger partial charge < -0.3 is 4.90 Å². The van der Waals surface area contributed by atoms with E-state index in [0.29, 0.717) is 5.92 Å². The molecule has 1 spiro atoms. The van der Waals surface area contributed by atoms with Crippen LogP contribution in [0.25, 0.3) is 39.0 Å². The minimum atomic E-state index is -0.338. The van der Waals surface area contributed by atoms with Crippen molar-refractivity contribution in [2.45, 2.75) is 44.9 Å². The molecule has 0 N–H and O–H groups in total. The highest BCUT2D eigenvalue weighted by Crippen LogP contribution is 2.64. The Balaban J connectivity index is 1.14. The topological polar surface area (TPSA) is 3.24 Å². The van der Waals surface area contributed by atoms with Crippen LogP contribution in [0.5, 0.6) is 0 Å². The Morgan fingerprint density at radius 3 is 1.62 bits per heavy atom. The summed E-state index contributed by atoms with van der Waals surface area (Å²) in [6.45, 7) is 9.26. The van der Waals surface area contributed by atoms with Crippen LogP contribution in [0.4, 0.5) is 17.1 Å². The van der Waals surface area contributed by atoms with Gasteiger partial charge in [-0.2, -0.15) is 0 Å². The molecule has 7 aromatic carbocycles. The number of benzene rings is 7. The highest BCUT2D eigenvalue weighted by molar-refractivity contribution is 5.98. The predicted octanol–water partition coefficient (Wildman–Crippen LogP) is 14.1. The van der Waals surface area contributed by atoms with Crippen molar-refractivity contribution in [3.8, 4) is 33.4 Å². The van der Waals surface area contributed by atoms with Crippen LogP contribution in [0.15, 0.2) is 175 Å². The van der Waals surface area contributed by atoms with Crippen molar-refractivity contribution < 1.29 is 0 Å². The van der Waals surface area contributed by atoms with Crippen molar-refractivity contribution in [3.63, 3.8) is 0 Å². The molecule has 1 nitrogen and oxygen atoms in total. The molecule has 264 valence electrons. The second-order valence-corrected chi connectivity index (χ2v) is 16.7. The number of aryl methyl sites for hydroxylation is 1. The molecule has 55 heavy (non-hydrogen) atoms. The first-order chi connectivity index (χ1) is 26.8. The summed E-state index contributed by atoms with van der Waals surface area (Å²) < 4.78 is 0. The van der Waals surface area contributed by atoms with E-state index < -0.39 is 0 Å². The van der Waals surface area contributed by atoms with Crippen LogP contribution in [0.3, 0.4) is 0 Å². The summed E-state index contributed by atoms with van der Waals surface area (Å²) in [5.74, 6) is 0.478. The maximum absolute atomic E-state index is 2.53. The summed E-state index contributed by atoms with van der Waals surface area (Å²) in [6, 6.07) is 59.8. The smallest absolute Gasteiger partial charge is 0.0689 e. The Bertz CT molecular complexity index is 2730. The van der Waals surface area contributed by atoms with Crippen molar-refractivity contribution in [3.05, 3.63) is 214 Å². The summed E-state index contributed by atoms with van der Waals surface area (Å²) >= 11 is 0. The van der Waals surface area contributed by atoms with Gasteiger partial charge in [-0.25, -0.2) is 0 Å². The molecule has 0 amide bonds. The molecular formula is C54H43N. The second kappa shape index (κ2) is 11.7. The zero-order valence-corrected chi connectivity index (χ0v) is 31.9. The molecule has 1 heteroatoms. The van der Waals surface area contributed by atoms with E-state index in [2.05, 4.69) is 202 Å². The zero-order valence-electron chi connectivity index (χ0n) is 31.9. The molecule has 0 aromatic heterocycles. The third-order valence-electron chi connectivity index (χ3n) is 13.1. The quantitative estimate of drug-likeness (QED) is 0.176. The number of anilines is 3. The molecule has 0 radical (unpaired) electrons. The fourth-order valence-corrected chi connectivity index (χ4v) is 10.5. The third-order valence-corrected chi connectivity index (χ3v) is 13.1. The molecule has 0 saturated heterocycles. The lowest BCUT2D eigenvalue weighted by molar-refractivity contribution is 0.630. The number of allylic oxidation sites excluding steroid dienone is 4. The summed E-state index contributed by atoms with van der Waals surface area (Å²) in [5, 5.41) is 0. The minimum Gasteiger partial charge on any atom is -0.310 e. The number of hydrogen-bond acceptors (Lipinski definition) is 1. The van der Waals surface area contributed by atoms with Gasteiger partial charge in [-0.05, 0) is 134 Å². The van der Waals surface area contributed by atoms with Crippen molar-refractivity contribution in [2.24, 2.45) is 5.92 Å². The van der Waals surface area contributed by atoms with Gasteiger partial charge in [-0.3, -0.25) is 0 Å². The summed E-state index contributed by atoms with van der Waals surface area (Å²) in [6.07, 6.45) is 5.87. The Labute approximate surface area is 325 Å². The number of rotatable bonds is 4. The lowest BCUT2D eigenvalue weighted by atomic mass is 9.67. The fraction of sp³-hybridized carbons (Fsp3) is 0.148. The van der Waals surface area contributed by atoms with Crippen molar-refractivity contribution >= 4 is 22.6 Å². The zero-order chi connectivity index (χ0) is 37.1. The van der Waals surface area contributed by atoms with E-state index in [1.165, 1.54) is 94.8 Å². The van der Waals surface area contributed by atoms with Crippen LogP contribution in [0, 0.1) is 12.8 Å². The SMILES string of the molecule is Cc1ccc(-c2ccc(N(c3ccc4c(c3)C(C)(C)c3ccccc3-4)c3ccc4c(c3)C3(C5=C4C=CC(C)C5)c4ccccc4-c4ccccc43)cc2)cc1. The molecule has 11 rings (SSSR count). The first kappa shape index (κ1) is 32.3. The van der Waals surface area contributed by atoms with Gasteiger partial charge in [0.15, 0.2) is 0 Å². The molecule has 7 aromatic rings. The molecule has 0 aliphatic heterocycles. The van der Waals surface area contributed by atoms with Crippen LogP contribution >= 0.6 is 0 Å². The van der Waals surface area contributed by atoms with Crippen LogP contribution in [-0.2, 0) is 10.8 Å². The Morgan fingerprint density at radius 2 is 0.982 bits per heavy atom.